The Morgan fingerprint density at radius 3 is 2.52 bits per heavy atom. The maximum absolute atomic E-state index is 12.7. The lowest BCUT2D eigenvalue weighted by Gasteiger charge is -2.23. The summed E-state index contributed by atoms with van der Waals surface area (Å²) in [5.74, 6) is -0.139. The molecule has 1 unspecified atom stereocenters. The van der Waals surface area contributed by atoms with Crippen LogP contribution in [0.2, 0.25) is 0 Å². The van der Waals surface area contributed by atoms with Gasteiger partial charge >= 0.3 is 0 Å². The predicted octanol–water partition coefficient (Wildman–Crippen LogP) is 4.08. The second-order valence-corrected chi connectivity index (χ2v) is 7.46. The Kier molecular flexibility index (Phi) is 4.98. The van der Waals surface area contributed by atoms with E-state index >= 15 is 0 Å². The van der Waals surface area contributed by atoms with Crippen LogP contribution in [0.25, 0.3) is 0 Å². The Balaban J connectivity index is 1.55. The molecule has 2 heterocycles. The molecule has 0 spiro atoms. The summed E-state index contributed by atoms with van der Waals surface area (Å²) in [6, 6.07) is 20.2. The Morgan fingerprint density at radius 2 is 1.85 bits per heavy atom. The van der Waals surface area contributed by atoms with Crippen LogP contribution in [-0.2, 0) is 11.3 Å². The van der Waals surface area contributed by atoms with Crippen LogP contribution >= 0.6 is 11.3 Å². The molecule has 0 saturated carbocycles. The Hall–Kier alpha value is -2.99. The minimum atomic E-state index is -0.139. The summed E-state index contributed by atoms with van der Waals surface area (Å²) in [4.78, 5) is 17.1. The van der Waals surface area contributed by atoms with Crippen molar-refractivity contribution in [1.82, 2.24) is 10.3 Å². The number of hydrogen-bond acceptors (Lipinski definition) is 5. The number of benzene rings is 2. The number of anilines is 1. The van der Waals surface area contributed by atoms with Crippen LogP contribution in [0, 0.1) is 6.92 Å². The summed E-state index contributed by atoms with van der Waals surface area (Å²) >= 11 is 1.58. The molecule has 4 rings (SSSR count). The first kappa shape index (κ1) is 17.4. The topological polar surface area (TPSA) is 57.6 Å². The van der Waals surface area contributed by atoms with Gasteiger partial charge in [0, 0.05) is 11.8 Å². The van der Waals surface area contributed by atoms with Crippen molar-refractivity contribution in [3.05, 3.63) is 82.3 Å². The lowest BCUT2D eigenvalue weighted by atomic mass is 10.0. The number of nitrogens with zero attached hydrogens (tertiary/aromatic N) is 3. The summed E-state index contributed by atoms with van der Waals surface area (Å²) in [5, 5.41) is 12.5. The molecule has 1 aliphatic heterocycles. The van der Waals surface area contributed by atoms with Crippen LogP contribution in [0.15, 0.2) is 71.1 Å². The highest BCUT2D eigenvalue weighted by Gasteiger charge is 2.32. The maximum atomic E-state index is 12.7. The van der Waals surface area contributed by atoms with E-state index in [0.717, 1.165) is 22.0 Å². The van der Waals surface area contributed by atoms with Crippen molar-refractivity contribution >= 4 is 28.6 Å². The van der Waals surface area contributed by atoms with Crippen molar-refractivity contribution in [3.8, 4) is 0 Å². The minimum absolute atomic E-state index is 0.0101. The first-order chi connectivity index (χ1) is 13.2. The number of carbonyl (C=O) groups excluding carboxylic acids is 1. The average Bonchev–Trinajstić information content (AvgIpc) is 3.34. The zero-order valence-corrected chi connectivity index (χ0v) is 15.8. The number of aryl methyl sites for hydroxylation is 1. The first-order valence-electron chi connectivity index (χ1n) is 8.86. The van der Waals surface area contributed by atoms with Gasteiger partial charge in [-0.05, 0) is 24.6 Å². The van der Waals surface area contributed by atoms with Crippen molar-refractivity contribution in [1.29, 1.82) is 0 Å². The van der Waals surface area contributed by atoms with Gasteiger partial charge in [-0.25, -0.2) is 4.98 Å². The van der Waals surface area contributed by atoms with E-state index in [4.69, 9.17) is 0 Å². The molecular formula is C21H20N4OS. The molecule has 5 nitrogen and oxygen atoms in total. The van der Waals surface area contributed by atoms with Crippen LogP contribution in [0.5, 0.6) is 0 Å². The molecule has 0 radical (unpaired) electrons. The molecule has 1 N–H and O–H groups in total. The molecule has 0 aliphatic carbocycles. The fourth-order valence-corrected chi connectivity index (χ4v) is 3.78. The Labute approximate surface area is 162 Å². The second-order valence-electron chi connectivity index (χ2n) is 6.40. The van der Waals surface area contributed by atoms with Crippen molar-refractivity contribution in [2.45, 2.75) is 25.9 Å². The highest BCUT2D eigenvalue weighted by atomic mass is 32.1. The van der Waals surface area contributed by atoms with E-state index in [9.17, 15) is 4.79 Å². The standard InChI is InChI=1S/C21H20N4OS/c1-15-23-17(14-27-15)13-22-21(26)19-12-20(16-8-4-2-5-9-16)25(24-19)18-10-6-3-7-11-18/h2-11,14,20H,12-13H2,1H3,(H,22,26). The van der Waals surface area contributed by atoms with Gasteiger partial charge in [0.15, 0.2) is 0 Å². The molecular weight excluding hydrogens is 356 g/mol. The van der Waals surface area contributed by atoms with E-state index in [1.165, 1.54) is 0 Å². The normalized spacial score (nSPS) is 16.3. The van der Waals surface area contributed by atoms with Crippen LogP contribution in [0.3, 0.4) is 0 Å². The molecule has 2 aromatic carbocycles. The van der Waals surface area contributed by atoms with Gasteiger partial charge in [-0.2, -0.15) is 5.10 Å². The van der Waals surface area contributed by atoms with E-state index in [1.54, 1.807) is 11.3 Å². The summed E-state index contributed by atoms with van der Waals surface area (Å²) in [6.07, 6.45) is 0.570. The number of hydrogen-bond donors (Lipinski definition) is 1. The van der Waals surface area contributed by atoms with Gasteiger partial charge in [-0.15, -0.1) is 11.3 Å². The van der Waals surface area contributed by atoms with E-state index in [-0.39, 0.29) is 11.9 Å². The number of thiazole rings is 1. The first-order valence-corrected chi connectivity index (χ1v) is 9.74. The Morgan fingerprint density at radius 1 is 1.15 bits per heavy atom. The molecule has 0 fully saturated rings. The summed E-state index contributed by atoms with van der Waals surface area (Å²) in [7, 11) is 0. The highest BCUT2D eigenvalue weighted by Crippen LogP contribution is 2.34. The Bertz CT molecular complexity index is 953. The summed E-state index contributed by atoms with van der Waals surface area (Å²) < 4.78 is 0. The third-order valence-electron chi connectivity index (χ3n) is 4.47. The highest BCUT2D eigenvalue weighted by molar-refractivity contribution is 7.09. The number of hydrazone groups is 1. The quantitative estimate of drug-likeness (QED) is 0.730. The van der Waals surface area contributed by atoms with Crippen LogP contribution in [-0.4, -0.2) is 16.6 Å². The van der Waals surface area contributed by atoms with E-state index in [1.807, 2.05) is 65.8 Å². The van der Waals surface area contributed by atoms with Gasteiger partial charge < -0.3 is 5.32 Å². The molecule has 0 saturated heterocycles. The van der Waals surface area contributed by atoms with Crippen molar-refractivity contribution < 1.29 is 4.79 Å². The zero-order valence-electron chi connectivity index (χ0n) is 15.0. The fourth-order valence-electron chi connectivity index (χ4n) is 3.16. The number of nitrogens with one attached hydrogen (secondary N) is 1. The van der Waals surface area contributed by atoms with Crippen LogP contribution in [0.4, 0.5) is 5.69 Å². The number of para-hydroxylation sites is 1. The third kappa shape index (κ3) is 3.90. The second kappa shape index (κ2) is 7.72. The van der Waals surface area contributed by atoms with E-state index < -0.39 is 0 Å². The fraction of sp³-hybridized carbons (Fsp3) is 0.190. The van der Waals surface area contributed by atoms with Crippen molar-refractivity contribution in [2.75, 3.05) is 5.01 Å². The van der Waals surface area contributed by atoms with E-state index in [2.05, 4.69) is 27.5 Å². The van der Waals surface area contributed by atoms with Gasteiger partial charge in [-0.3, -0.25) is 9.80 Å². The van der Waals surface area contributed by atoms with Crippen molar-refractivity contribution in [3.63, 3.8) is 0 Å². The van der Waals surface area contributed by atoms with Gasteiger partial charge in [-0.1, -0.05) is 48.5 Å². The van der Waals surface area contributed by atoms with E-state index in [0.29, 0.717) is 18.7 Å². The summed E-state index contributed by atoms with van der Waals surface area (Å²) in [5.41, 5.74) is 3.54. The lowest BCUT2D eigenvalue weighted by Crippen LogP contribution is -2.30. The molecule has 1 aliphatic rings. The smallest absolute Gasteiger partial charge is 0.267 e. The van der Waals surface area contributed by atoms with Gasteiger partial charge in [0.05, 0.1) is 29.0 Å². The van der Waals surface area contributed by atoms with Crippen LogP contribution < -0.4 is 10.3 Å². The predicted molar refractivity (Wildman–Crippen MR) is 109 cm³/mol. The monoisotopic (exact) mass is 376 g/mol. The molecule has 3 aromatic rings. The minimum Gasteiger partial charge on any atom is -0.345 e. The molecule has 1 atom stereocenters. The SMILES string of the molecule is Cc1nc(CNC(=O)C2=NN(c3ccccc3)C(c3ccccc3)C2)cs1. The lowest BCUT2D eigenvalue weighted by molar-refractivity contribution is -0.115. The zero-order chi connectivity index (χ0) is 18.6. The maximum Gasteiger partial charge on any atom is 0.267 e. The number of rotatable bonds is 5. The molecule has 27 heavy (non-hydrogen) atoms. The number of carbonyl (C=O) groups is 1. The molecule has 1 amide bonds. The van der Waals surface area contributed by atoms with Gasteiger partial charge in [0.1, 0.15) is 5.71 Å². The van der Waals surface area contributed by atoms with Crippen molar-refractivity contribution in [2.24, 2.45) is 5.10 Å². The van der Waals surface area contributed by atoms with Crippen LogP contribution in [0.1, 0.15) is 28.7 Å². The molecule has 1 aromatic heterocycles. The summed E-state index contributed by atoms with van der Waals surface area (Å²) in [6.45, 7) is 2.38. The molecule has 6 heteroatoms. The third-order valence-corrected chi connectivity index (χ3v) is 5.30. The number of amides is 1. The molecule has 136 valence electrons. The average molecular weight is 376 g/mol. The molecule has 0 bridgehead atoms. The largest absolute Gasteiger partial charge is 0.345 e. The number of aromatic nitrogens is 1. The van der Waals surface area contributed by atoms with Gasteiger partial charge in [0.25, 0.3) is 5.91 Å². The van der Waals surface area contributed by atoms with Gasteiger partial charge in [0.2, 0.25) is 0 Å².